The van der Waals surface area contributed by atoms with Gasteiger partial charge < -0.3 is 15.0 Å². The Kier molecular flexibility index (Phi) is 4.44. The summed E-state index contributed by atoms with van der Waals surface area (Å²) in [6, 6.07) is 14.7. The number of rotatable bonds is 4. The molecule has 0 saturated carbocycles. The third kappa shape index (κ3) is 3.21. The molecule has 2 aliphatic rings. The molecular weight excluding hydrogens is 340 g/mol. The van der Waals surface area contributed by atoms with Crippen LogP contribution in [-0.2, 0) is 9.59 Å². The number of fused-ring (bicyclic) bond motifs is 1. The lowest BCUT2D eigenvalue weighted by molar-refractivity contribution is -0.146. The van der Waals surface area contributed by atoms with Gasteiger partial charge in [-0.25, -0.2) is 0 Å². The van der Waals surface area contributed by atoms with Crippen molar-refractivity contribution in [2.24, 2.45) is 0 Å². The van der Waals surface area contributed by atoms with E-state index in [1.165, 1.54) is 0 Å². The highest BCUT2D eigenvalue weighted by molar-refractivity contribution is 6.01. The third-order valence-electron chi connectivity index (χ3n) is 5.18. The van der Waals surface area contributed by atoms with E-state index in [4.69, 9.17) is 4.74 Å². The molecule has 1 N–H and O–H groups in total. The van der Waals surface area contributed by atoms with Crippen LogP contribution in [0.2, 0.25) is 0 Å². The number of aryl methyl sites for hydroxylation is 1. The Morgan fingerprint density at radius 1 is 1.19 bits per heavy atom. The Bertz CT molecular complexity index is 935. The van der Waals surface area contributed by atoms with E-state index < -0.39 is 6.04 Å². The zero-order chi connectivity index (χ0) is 19.0. The average Bonchev–Trinajstić information content (AvgIpc) is 2.66. The summed E-state index contributed by atoms with van der Waals surface area (Å²) in [5.74, 6) is 0.576. The molecule has 1 saturated heterocycles. The van der Waals surface area contributed by atoms with Gasteiger partial charge in [-0.2, -0.15) is 0 Å². The Morgan fingerprint density at radius 3 is 2.63 bits per heavy atom. The molecule has 0 spiro atoms. The predicted molar refractivity (Wildman–Crippen MR) is 104 cm³/mol. The van der Waals surface area contributed by atoms with E-state index >= 15 is 0 Å². The van der Waals surface area contributed by atoms with Gasteiger partial charge in [0.05, 0.1) is 0 Å². The number of hydrogen-bond donors (Lipinski definition) is 1. The van der Waals surface area contributed by atoms with E-state index in [0.717, 1.165) is 28.1 Å². The number of nitrogens with one attached hydrogen (secondary N) is 1. The molecular formula is C22H22N2O3. The van der Waals surface area contributed by atoms with Crippen LogP contribution in [0.4, 0.5) is 5.69 Å². The quantitative estimate of drug-likeness (QED) is 0.848. The highest BCUT2D eigenvalue weighted by atomic mass is 16.5. The SMILES string of the molecule is Cc1ccccc1NC(=O)[C@@H](C1=Cc2ccccc2O[C@H]1C)N1CCC1=O. The van der Waals surface area contributed by atoms with Crippen molar-refractivity contribution in [1.82, 2.24) is 4.90 Å². The number of amides is 2. The van der Waals surface area contributed by atoms with Gasteiger partial charge in [-0.05, 0) is 37.6 Å². The largest absolute Gasteiger partial charge is 0.486 e. The molecule has 0 unspecified atom stereocenters. The number of benzene rings is 2. The first-order valence-corrected chi connectivity index (χ1v) is 9.18. The van der Waals surface area contributed by atoms with Crippen molar-refractivity contribution < 1.29 is 14.3 Å². The molecule has 2 aliphatic heterocycles. The number of hydrogen-bond acceptors (Lipinski definition) is 3. The number of β-lactam (4-membered cyclic amide) rings is 1. The smallest absolute Gasteiger partial charge is 0.251 e. The Hall–Kier alpha value is -3.08. The molecule has 0 bridgehead atoms. The minimum absolute atomic E-state index is 0.00751. The Labute approximate surface area is 158 Å². The minimum atomic E-state index is -0.672. The van der Waals surface area contributed by atoms with Crippen molar-refractivity contribution in [2.45, 2.75) is 32.4 Å². The first-order valence-electron chi connectivity index (χ1n) is 9.18. The minimum Gasteiger partial charge on any atom is -0.486 e. The molecule has 0 radical (unpaired) electrons. The predicted octanol–water partition coefficient (Wildman–Crippen LogP) is 3.40. The van der Waals surface area contributed by atoms with Crippen molar-refractivity contribution in [3.63, 3.8) is 0 Å². The van der Waals surface area contributed by atoms with Crippen molar-refractivity contribution in [1.29, 1.82) is 0 Å². The standard InChI is InChI=1S/C22H22N2O3/c1-14-7-3-5-9-18(14)23-22(26)21(24-12-11-20(24)25)17-13-16-8-4-6-10-19(16)27-15(17)2/h3-10,13,15,21H,11-12H2,1-2H3,(H,23,26)/t15-,21+/m0/s1. The fraction of sp³-hybridized carbons (Fsp3) is 0.273. The second-order valence-corrected chi connectivity index (χ2v) is 6.99. The highest BCUT2D eigenvalue weighted by Gasteiger charge is 2.41. The lowest BCUT2D eigenvalue weighted by Crippen LogP contribution is -2.57. The van der Waals surface area contributed by atoms with Gasteiger partial charge in [0.25, 0.3) is 5.91 Å². The maximum atomic E-state index is 13.2. The molecule has 0 aromatic heterocycles. The summed E-state index contributed by atoms with van der Waals surface area (Å²) in [5.41, 5.74) is 3.46. The number of para-hydroxylation sites is 2. The van der Waals surface area contributed by atoms with Crippen molar-refractivity contribution in [2.75, 3.05) is 11.9 Å². The second kappa shape index (κ2) is 6.91. The molecule has 5 heteroatoms. The molecule has 2 aromatic carbocycles. The van der Waals surface area contributed by atoms with Gasteiger partial charge in [-0.15, -0.1) is 0 Å². The number of carbonyl (C=O) groups excluding carboxylic acids is 2. The van der Waals surface area contributed by atoms with Crippen LogP contribution >= 0.6 is 0 Å². The van der Waals surface area contributed by atoms with E-state index in [-0.39, 0.29) is 17.9 Å². The lowest BCUT2D eigenvalue weighted by Gasteiger charge is -2.40. The van der Waals surface area contributed by atoms with Crippen LogP contribution in [0, 0.1) is 6.92 Å². The molecule has 5 nitrogen and oxygen atoms in total. The molecule has 2 atom stereocenters. The molecule has 27 heavy (non-hydrogen) atoms. The van der Waals surface area contributed by atoms with Crippen molar-refractivity contribution in [3.8, 4) is 5.75 Å². The monoisotopic (exact) mass is 362 g/mol. The summed E-state index contributed by atoms with van der Waals surface area (Å²) in [7, 11) is 0. The summed E-state index contributed by atoms with van der Waals surface area (Å²) < 4.78 is 6.02. The van der Waals surface area contributed by atoms with Crippen LogP contribution in [0.5, 0.6) is 5.75 Å². The summed E-state index contributed by atoms with van der Waals surface area (Å²) in [6.07, 6.45) is 2.17. The first kappa shape index (κ1) is 17.3. The maximum absolute atomic E-state index is 13.2. The Morgan fingerprint density at radius 2 is 1.93 bits per heavy atom. The number of ether oxygens (including phenoxy) is 1. The van der Waals surface area contributed by atoms with Gasteiger partial charge in [-0.1, -0.05) is 36.4 Å². The second-order valence-electron chi connectivity index (χ2n) is 6.99. The van der Waals surface area contributed by atoms with Gasteiger partial charge in [0.1, 0.15) is 17.9 Å². The maximum Gasteiger partial charge on any atom is 0.251 e. The first-order chi connectivity index (χ1) is 13.0. The van der Waals surface area contributed by atoms with Gasteiger partial charge in [-0.3, -0.25) is 9.59 Å². The molecule has 138 valence electrons. The van der Waals surface area contributed by atoms with Crippen LogP contribution in [0.1, 0.15) is 24.5 Å². The molecule has 4 rings (SSSR count). The summed E-state index contributed by atoms with van der Waals surface area (Å²) >= 11 is 0. The lowest BCUT2D eigenvalue weighted by atomic mass is 9.92. The van der Waals surface area contributed by atoms with Crippen LogP contribution in [0.15, 0.2) is 54.1 Å². The molecule has 2 aromatic rings. The van der Waals surface area contributed by atoms with Gasteiger partial charge >= 0.3 is 0 Å². The number of carbonyl (C=O) groups is 2. The number of likely N-dealkylation sites (tertiary alicyclic amines) is 1. The summed E-state index contributed by atoms with van der Waals surface area (Å²) in [6.45, 7) is 4.44. The van der Waals surface area contributed by atoms with Crippen LogP contribution in [0.3, 0.4) is 0 Å². The Balaban J connectivity index is 1.70. The van der Waals surface area contributed by atoms with Crippen LogP contribution < -0.4 is 10.1 Å². The zero-order valence-corrected chi connectivity index (χ0v) is 15.4. The molecule has 2 amide bonds. The number of anilines is 1. The molecule has 0 aliphatic carbocycles. The van der Waals surface area contributed by atoms with Gasteiger partial charge in [0.2, 0.25) is 5.91 Å². The van der Waals surface area contributed by atoms with E-state index in [2.05, 4.69) is 5.32 Å². The van der Waals surface area contributed by atoms with Gasteiger partial charge in [0.15, 0.2) is 0 Å². The van der Waals surface area contributed by atoms with Crippen molar-refractivity contribution >= 4 is 23.6 Å². The van der Waals surface area contributed by atoms with E-state index in [0.29, 0.717) is 13.0 Å². The van der Waals surface area contributed by atoms with Crippen LogP contribution in [0.25, 0.3) is 6.08 Å². The third-order valence-corrected chi connectivity index (χ3v) is 5.18. The van der Waals surface area contributed by atoms with E-state index in [9.17, 15) is 9.59 Å². The van der Waals surface area contributed by atoms with E-state index in [1.807, 2.05) is 68.5 Å². The fourth-order valence-electron chi connectivity index (χ4n) is 3.56. The van der Waals surface area contributed by atoms with Gasteiger partial charge in [0, 0.05) is 29.8 Å². The van der Waals surface area contributed by atoms with Crippen LogP contribution in [-0.4, -0.2) is 35.4 Å². The highest BCUT2D eigenvalue weighted by Crippen LogP contribution is 2.34. The number of nitrogens with zero attached hydrogens (tertiary/aromatic N) is 1. The normalized spacial score (nSPS) is 19.3. The average molecular weight is 362 g/mol. The fourth-order valence-corrected chi connectivity index (χ4v) is 3.56. The van der Waals surface area contributed by atoms with E-state index in [1.54, 1.807) is 4.90 Å². The topological polar surface area (TPSA) is 58.6 Å². The summed E-state index contributed by atoms with van der Waals surface area (Å²) in [4.78, 5) is 27.0. The molecule has 2 heterocycles. The summed E-state index contributed by atoms with van der Waals surface area (Å²) in [5, 5.41) is 2.99. The molecule has 1 fully saturated rings. The van der Waals surface area contributed by atoms with Crippen molar-refractivity contribution in [3.05, 3.63) is 65.2 Å². The zero-order valence-electron chi connectivity index (χ0n) is 15.4.